The molecule has 0 aliphatic carbocycles. The highest BCUT2D eigenvalue weighted by Crippen LogP contribution is 2.31. The molecule has 0 radical (unpaired) electrons. The molecule has 0 spiro atoms. The molecule has 0 fully saturated rings. The van der Waals surface area contributed by atoms with Crippen LogP contribution in [0.2, 0.25) is 4.34 Å². The van der Waals surface area contributed by atoms with Gasteiger partial charge in [0.25, 0.3) is 5.91 Å². The van der Waals surface area contributed by atoms with Crippen molar-refractivity contribution in [1.82, 2.24) is 10.5 Å². The fourth-order valence-corrected chi connectivity index (χ4v) is 2.36. The van der Waals surface area contributed by atoms with E-state index in [0.29, 0.717) is 16.6 Å². The number of nitrogens with zero attached hydrogens (tertiary/aromatic N) is 1. The SMILES string of the molecule is CC(C)(CN)NC(=O)c1cc(-c2ccc(Cl)s2)on1.Cl. The number of thiophene rings is 1. The van der Waals surface area contributed by atoms with Crippen LogP contribution in [0, 0.1) is 0 Å². The van der Waals surface area contributed by atoms with E-state index in [4.69, 9.17) is 21.9 Å². The first-order valence-electron chi connectivity index (χ1n) is 5.66. The van der Waals surface area contributed by atoms with E-state index < -0.39 is 5.54 Å². The first-order chi connectivity index (χ1) is 8.91. The highest BCUT2D eigenvalue weighted by atomic mass is 35.5. The molecule has 110 valence electrons. The molecule has 2 heterocycles. The van der Waals surface area contributed by atoms with Crippen LogP contribution in [-0.4, -0.2) is 23.1 Å². The van der Waals surface area contributed by atoms with Crippen molar-refractivity contribution in [3.8, 4) is 10.6 Å². The molecule has 8 heteroatoms. The van der Waals surface area contributed by atoms with Crippen molar-refractivity contribution in [2.45, 2.75) is 19.4 Å². The molecule has 20 heavy (non-hydrogen) atoms. The van der Waals surface area contributed by atoms with Crippen LogP contribution in [0.4, 0.5) is 0 Å². The zero-order valence-electron chi connectivity index (χ0n) is 11.0. The zero-order chi connectivity index (χ0) is 14.0. The highest BCUT2D eigenvalue weighted by molar-refractivity contribution is 7.19. The Hall–Kier alpha value is -1.08. The number of amides is 1. The third kappa shape index (κ3) is 3.96. The molecule has 1 amide bonds. The average Bonchev–Trinajstić information content (AvgIpc) is 2.96. The third-order valence-electron chi connectivity index (χ3n) is 2.52. The van der Waals surface area contributed by atoms with Gasteiger partial charge in [-0.05, 0) is 26.0 Å². The Morgan fingerprint density at radius 1 is 1.55 bits per heavy atom. The summed E-state index contributed by atoms with van der Waals surface area (Å²) in [6, 6.07) is 5.17. The van der Waals surface area contributed by atoms with E-state index in [2.05, 4.69) is 10.5 Å². The first-order valence-corrected chi connectivity index (χ1v) is 6.86. The minimum atomic E-state index is -0.484. The lowest BCUT2D eigenvalue weighted by atomic mass is 10.1. The molecular formula is C12H15Cl2N3O2S. The number of aromatic nitrogens is 1. The summed E-state index contributed by atoms with van der Waals surface area (Å²) in [5.41, 5.74) is 5.30. The lowest BCUT2D eigenvalue weighted by molar-refractivity contribution is 0.0906. The normalized spacial score (nSPS) is 11.0. The van der Waals surface area contributed by atoms with Gasteiger partial charge in [0, 0.05) is 18.2 Å². The van der Waals surface area contributed by atoms with Gasteiger partial charge in [-0.2, -0.15) is 0 Å². The van der Waals surface area contributed by atoms with Crippen LogP contribution < -0.4 is 11.1 Å². The number of hydrogen-bond acceptors (Lipinski definition) is 5. The van der Waals surface area contributed by atoms with Crippen LogP contribution in [0.5, 0.6) is 0 Å². The second-order valence-electron chi connectivity index (χ2n) is 4.72. The Balaban J connectivity index is 0.00000200. The Morgan fingerprint density at radius 3 is 2.80 bits per heavy atom. The minimum Gasteiger partial charge on any atom is -0.355 e. The van der Waals surface area contributed by atoms with E-state index in [-0.39, 0.29) is 24.0 Å². The van der Waals surface area contributed by atoms with Crippen molar-refractivity contribution in [2.75, 3.05) is 6.54 Å². The van der Waals surface area contributed by atoms with Crippen LogP contribution >= 0.6 is 35.3 Å². The summed E-state index contributed by atoms with van der Waals surface area (Å²) in [6.45, 7) is 4.01. The largest absolute Gasteiger partial charge is 0.355 e. The van der Waals surface area contributed by atoms with E-state index in [9.17, 15) is 4.79 Å². The maximum absolute atomic E-state index is 12.0. The number of halogens is 2. The number of rotatable bonds is 4. The van der Waals surface area contributed by atoms with Crippen molar-refractivity contribution in [3.63, 3.8) is 0 Å². The zero-order valence-corrected chi connectivity index (χ0v) is 13.4. The summed E-state index contributed by atoms with van der Waals surface area (Å²) in [5, 5.41) is 6.54. The predicted molar refractivity (Wildman–Crippen MR) is 82.7 cm³/mol. The monoisotopic (exact) mass is 335 g/mol. The Bertz CT molecular complexity index is 595. The van der Waals surface area contributed by atoms with Crippen molar-refractivity contribution in [1.29, 1.82) is 0 Å². The fraction of sp³-hybridized carbons (Fsp3) is 0.333. The number of carbonyl (C=O) groups excluding carboxylic acids is 1. The summed E-state index contributed by atoms with van der Waals surface area (Å²) >= 11 is 7.21. The predicted octanol–water partition coefficient (Wildman–Crippen LogP) is 2.95. The van der Waals surface area contributed by atoms with Crippen LogP contribution in [0.25, 0.3) is 10.6 Å². The molecule has 5 nitrogen and oxygen atoms in total. The molecule has 0 unspecified atom stereocenters. The molecule has 2 aromatic rings. The Labute approximate surface area is 131 Å². The Morgan fingerprint density at radius 2 is 2.25 bits per heavy atom. The van der Waals surface area contributed by atoms with Gasteiger partial charge in [-0.25, -0.2) is 0 Å². The number of carbonyl (C=O) groups is 1. The van der Waals surface area contributed by atoms with Gasteiger partial charge in [0.05, 0.1) is 9.21 Å². The van der Waals surface area contributed by atoms with E-state index in [1.54, 1.807) is 12.1 Å². The van der Waals surface area contributed by atoms with Crippen LogP contribution in [0.15, 0.2) is 22.7 Å². The summed E-state index contributed by atoms with van der Waals surface area (Å²) in [4.78, 5) is 12.8. The van der Waals surface area contributed by atoms with Gasteiger partial charge in [-0.1, -0.05) is 16.8 Å². The summed E-state index contributed by atoms with van der Waals surface area (Å²) in [6.07, 6.45) is 0. The summed E-state index contributed by atoms with van der Waals surface area (Å²) in [5.74, 6) is 0.209. The second-order valence-corrected chi connectivity index (χ2v) is 6.44. The van der Waals surface area contributed by atoms with Crippen LogP contribution in [-0.2, 0) is 0 Å². The molecule has 0 aromatic carbocycles. The molecule has 0 atom stereocenters. The van der Waals surface area contributed by atoms with Crippen molar-refractivity contribution in [2.24, 2.45) is 5.73 Å². The highest BCUT2D eigenvalue weighted by Gasteiger charge is 2.22. The molecule has 2 aromatic heterocycles. The van der Waals surface area contributed by atoms with Gasteiger partial charge in [-0.3, -0.25) is 4.79 Å². The van der Waals surface area contributed by atoms with E-state index >= 15 is 0 Å². The van der Waals surface area contributed by atoms with Crippen LogP contribution in [0.3, 0.4) is 0 Å². The van der Waals surface area contributed by atoms with Gasteiger partial charge in [0.15, 0.2) is 11.5 Å². The van der Waals surface area contributed by atoms with Gasteiger partial charge >= 0.3 is 0 Å². The second kappa shape index (κ2) is 6.58. The topological polar surface area (TPSA) is 81.1 Å². The van der Waals surface area contributed by atoms with Crippen LogP contribution in [0.1, 0.15) is 24.3 Å². The van der Waals surface area contributed by atoms with Crippen molar-refractivity contribution in [3.05, 3.63) is 28.2 Å². The van der Waals surface area contributed by atoms with Gasteiger partial charge in [-0.15, -0.1) is 23.7 Å². The number of hydrogen-bond donors (Lipinski definition) is 2. The van der Waals surface area contributed by atoms with Gasteiger partial charge in [0.2, 0.25) is 0 Å². The fourth-order valence-electron chi connectivity index (χ4n) is 1.37. The first kappa shape index (κ1) is 17.0. The maximum atomic E-state index is 12.0. The standard InChI is InChI=1S/C12H14ClN3O2S.ClH/c1-12(2,6-14)15-11(17)7-5-8(18-16-7)9-3-4-10(13)19-9;/h3-5H,6,14H2,1-2H3,(H,15,17);1H. The van der Waals surface area contributed by atoms with E-state index in [1.165, 1.54) is 11.3 Å². The maximum Gasteiger partial charge on any atom is 0.273 e. The molecular weight excluding hydrogens is 321 g/mol. The molecule has 0 aliphatic rings. The number of nitrogens with two attached hydrogens (primary N) is 1. The number of nitrogens with one attached hydrogen (secondary N) is 1. The molecule has 3 N–H and O–H groups in total. The Kier molecular flexibility index (Phi) is 5.59. The summed E-state index contributed by atoms with van der Waals surface area (Å²) in [7, 11) is 0. The van der Waals surface area contributed by atoms with Gasteiger partial charge < -0.3 is 15.6 Å². The van der Waals surface area contributed by atoms with Crippen molar-refractivity contribution < 1.29 is 9.32 Å². The summed E-state index contributed by atoms with van der Waals surface area (Å²) < 4.78 is 5.80. The van der Waals surface area contributed by atoms with Crippen molar-refractivity contribution >= 4 is 41.3 Å². The quantitative estimate of drug-likeness (QED) is 0.899. The molecule has 2 rings (SSSR count). The van der Waals surface area contributed by atoms with Gasteiger partial charge in [0.1, 0.15) is 0 Å². The third-order valence-corrected chi connectivity index (χ3v) is 3.77. The minimum absolute atomic E-state index is 0. The van der Waals surface area contributed by atoms with E-state index in [0.717, 1.165) is 4.88 Å². The molecule has 0 saturated heterocycles. The van der Waals surface area contributed by atoms with E-state index in [1.807, 2.05) is 19.9 Å². The molecule has 0 aliphatic heterocycles. The lowest BCUT2D eigenvalue weighted by Crippen LogP contribution is -2.48. The lowest BCUT2D eigenvalue weighted by Gasteiger charge is -2.23. The average molecular weight is 336 g/mol. The molecule has 0 saturated carbocycles. The smallest absolute Gasteiger partial charge is 0.273 e. The molecule has 0 bridgehead atoms.